The maximum absolute atomic E-state index is 6.27. The van der Waals surface area contributed by atoms with E-state index in [2.05, 4.69) is 5.32 Å². The minimum atomic E-state index is 0.538. The molecule has 1 fully saturated rings. The van der Waals surface area contributed by atoms with Gasteiger partial charge in [-0.15, -0.1) is 0 Å². The number of hydrogen-bond donors (Lipinski definition) is 1. The Morgan fingerprint density at radius 3 is 2.71 bits per heavy atom. The third-order valence-corrected chi connectivity index (χ3v) is 3.92. The van der Waals surface area contributed by atoms with E-state index in [1.165, 1.54) is 5.56 Å². The Morgan fingerprint density at radius 1 is 1.18 bits per heavy atom. The van der Waals surface area contributed by atoms with Crippen molar-refractivity contribution in [1.29, 1.82) is 0 Å². The van der Waals surface area contributed by atoms with Crippen LogP contribution in [-0.2, 0) is 0 Å². The van der Waals surface area contributed by atoms with Gasteiger partial charge in [0.2, 0.25) is 0 Å². The van der Waals surface area contributed by atoms with Crippen LogP contribution in [0.25, 0.3) is 11.0 Å². The van der Waals surface area contributed by atoms with Gasteiger partial charge in [-0.3, -0.25) is 0 Å². The van der Waals surface area contributed by atoms with Crippen LogP contribution in [-0.4, -0.2) is 13.1 Å². The topological polar surface area (TPSA) is 25.2 Å². The first-order valence-corrected chi connectivity index (χ1v) is 6.58. The smallest absolute Gasteiger partial charge is 0.137 e. The van der Waals surface area contributed by atoms with E-state index in [9.17, 15) is 0 Å². The van der Waals surface area contributed by atoms with Crippen molar-refractivity contribution in [2.45, 2.75) is 18.8 Å². The first-order valence-electron chi connectivity index (χ1n) is 5.82. The molecule has 2 nitrogen and oxygen atoms in total. The molecule has 0 aliphatic carbocycles. The minimum absolute atomic E-state index is 0.538. The lowest BCUT2D eigenvalue weighted by atomic mass is 9.90. The van der Waals surface area contributed by atoms with E-state index in [0.29, 0.717) is 16.0 Å². The molecule has 0 radical (unpaired) electrons. The number of nitrogens with one attached hydrogen (secondary N) is 1. The van der Waals surface area contributed by atoms with Gasteiger partial charge < -0.3 is 9.73 Å². The number of benzene rings is 1. The van der Waals surface area contributed by atoms with E-state index in [-0.39, 0.29) is 0 Å². The summed E-state index contributed by atoms with van der Waals surface area (Å²) in [6.07, 6.45) is 4.10. The van der Waals surface area contributed by atoms with Crippen LogP contribution in [0.3, 0.4) is 0 Å². The van der Waals surface area contributed by atoms with Gasteiger partial charge >= 0.3 is 0 Å². The molecular weight excluding hydrogens is 257 g/mol. The Morgan fingerprint density at radius 2 is 1.94 bits per heavy atom. The second kappa shape index (κ2) is 4.52. The molecule has 90 valence electrons. The predicted octanol–water partition coefficient (Wildman–Crippen LogP) is 4.21. The molecule has 1 aliphatic rings. The first-order chi connectivity index (χ1) is 8.25. The van der Waals surface area contributed by atoms with Crippen molar-refractivity contribution < 1.29 is 4.42 Å². The molecule has 1 aromatic carbocycles. The molecule has 0 amide bonds. The molecule has 0 unspecified atom stereocenters. The largest absolute Gasteiger partial charge is 0.464 e. The Hall–Kier alpha value is -0.700. The van der Waals surface area contributed by atoms with Crippen LogP contribution < -0.4 is 5.32 Å². The molecule has 2 heterocycles. The summed E-state index contributed by atoms with van der Waals surface area (Å²) in [5.74, 6) is 0.538. The number of hydrogen-bond acceptors (Lipinski definition) is 2. The van der Waals surface area contributed by atoms with Crippen molar-refractivity contribution >= 4 is 34.2 Å². The van der Waals surface area contributed by atoms with E-state index in [0.717, 1.165) is 36.9 Å². The highest BCUT2D eigenvalue weighted by molar-refractivity contribution is 6.38. The summed E-state index contributed by atoms with van der Waals surface area (Å²) < 4.78 is 5.57. The minimum Gasteiger partial charge on any atom is -0.464 e. The Balaban J connectivity index is 2.10. The third-order valence-electron chi connectivity index (χ3n) is 3.40. The van der Waals surface area contributed by atoms with Crippen molar-refractivity contribution in [1.82, 2.24) is 5.32 Å². The van der Waals surface area contributed by atoms with E-state index in [1.807, 2.05) is 12.3 Å². The fourth-order valence-corrected chi connectivity index (χ4v) is 3.13. The lowest BCUT2D eigenvalue weighted by Crippen LogP contribution is -2.26. The number of fused-ring (bicyclic) bond motifs is 1. The second-order valence-corrected chi connectivity index (χ2v) is 5.32. The van der Waals surface area contributed by atoms with Crippen LogP contribution in [0.1, 0.15) is 24.3 Å². The van der Waals surface area contributed by atoms with Crippen LogP contribution in [0.2, 0.25) is 10.0 Å². The zero-order valence-electron chi connectivity index (χ0n) is 9.30. The molecule has 1 aliphatic heterocycles. The normalized spacial score (nSPS) is 17.8. The number of furan rings is 1. The maximum Gasteiger partial charge on any atom is 0.137 e. The highest BCUT2D eigenvalue weighted by Crippen LogP contribution is 2.38. The standard InChI is InChI=1S/C13H13Cl2NO/c14-9-5-11(15)13-10(7-17-12(13)6-9)8-1-3-16-4-2-8/h5-8,16H,1-4H2. The van der Waals surface area contributed by atoms with Gasteiger partial charge in [0.05, 0.1) is 11.3 Å². The SMILES string of the molecule is Clc1cc(Cl)c2c(C3CCNCC3)coc2c1. The zero-order chi connectivity index (χ0) is 11.8. The van der Waals surface area contributed by atoms with Gasteiger partial charge in [0.25, 0.3) is 0 Å². The van der Waals surface area contributed by atoms with Crippen molar-refractivity contribution in [2.75, 3.05) is 13.1 Å². The summed E-state index contributed by atoms with van der Waals surface area (Å²) in [5.41, 5.74) is 2.01. The summed E-state index contributed by atoms with van der Waals surface area (Å²) in [4.78, 5) is 0. The predicted molar refractivity (Wildman–Crippen MR) is 71.1 cm³/mol. The van der Waals surface area contributed by atoms with Crippen LogP contribution in [0.4, 0.5) is 0 Å². The molecule has 1 saturated heterocycles. The maximum atomic E-state index is 6.27. The fourth-order valence-electron chi connectivity index (χ4n) is 2.54. The average Bonchev–Trinajstić information content (AvgIpc) is 2.74. The van der Waals surface area contributed by atoms with Gasteiger partial charge in [0.15, 0.2) is 0 Å². The highest BCUT2D eigenvalue weighted by atomic mass is 35.5. The molecule has 0 spiro atoms. The second-order valence-electron chi connectivity index (χ2n) is 4.48. The third kappa shape index (κ3) is 2.05. The van der Waals surface area contributed by atoms with Crippen molar-refractivity contribution in [2.24, 2.45) is 0 Å². The van der Waals surface area contributed by atoms with Crippen molar-refractivity contribution in [3.05, 3.63) is 34.0 Å². The van der Waals surface area contributed by atoms with Gasteiger partial charge in [-0.25, -0.2) is 0 Å². The van der Waals surface area contributed by atoms with E-state index in [4.69, 9.17) is 27.6 Å². The van der Waals surface area contributed by atoms with Gasteiger partial charge in [0, 0.05) is 22.0 Å². The lowest BCUT2D eigenvalue weighted by Gasteiger charge is -2.21. The molecule has 3 rings (SSSR count). The lowest BCUT2D eigenvalue weighted by molar-refractivity contribution is 0.457. The van der Waals surface area contributed by atoms with Crippen LogP contribution >= 0.6 is 23.2 Å². The summed E-state index contributed by atoms with van der Waals surface area (Å²) in [6.45, 7) is 2.12. The Kier molecular flexibility index (Phi) is 3.03. The molecule has 0 bridgehead atoms. The Bertz CT molecular complexity index is 544. The average molecular weight is 270 g/mol. The van der Waals surface area contributed by atoms with Gasteiger partial charge in [-0.2, -0.15) is 0 Å². The first kappa shape index (κ1) is 11.4. The molecule has 17 heavy (non-hydrogen) atoms. The summed E-state index contributed by atoms with van der Waals surface area (Å²) in [5, 5.41) is 5.70. The Labute approximate surface area is 110 Å². The fraction of sp³-hybridized carbons (Fsp3) is 0.385. The highest BCUT2D eigenvalue weighted by Gasteiger charge is 2.21. The van der Waals surface area contributed by atoms with E-state index >= 15 is 0 Å². The van der Waals surface area contributed by atoms with E-state index in [1.54, 1.807) is 6.07 Å². The van der Waals surface area contributed by atoms with Crippen molar-refractivity contribution in [3.63, 3.8) is 0 Å². The molecule has 4 heteroatoms. The molecule has 1 N–H and O–H groups in total. The zero-order valence-corrected chi connectivity index (χ0v) is 10.8. The van der Waals surface area contributed by atoms with Gasteiger partial charge in [0.1, 0.15) is 5.58 Å². The summed E-state index contributed by atoms with van der Waals surface area (Å²) in [6, 6.07) is 3.61. The van der Waals surface area contributed by atoms with Crippen LogP contribution in [0.15, 0.2) is 22.8 Å². The molecule has 1 aromatic heterocycles. The van der Waals surface area contributed by atoms with Crippen LogP contribution in [0.5, 0.6) is 0 Å². The van der Waals surface area contributed by atoms with Gasteiger partial charge in [-0.05, 0) is 37.9 Å². The van der Waals surface area contributed by atoms with Gasteiger partial charge in [-0.1, -0.05) is 23.2 Å². The number of halogens is 2. The monoisotopic (exact) mass is 269 g/mol. The number of rotatable bonds is 1. The number of piperidine rings is 1. The summed E-state index contributed by atoms with van der Waals surface area (Å²) >= 11 is 12.2. The molecular formula is C13H13Cl2NO. The van der Waals surface area contributed by atoms with E-state index < -0.39 is 0 Å². The molecule has 2 aromatic rings. The summed E-state index contributed by atoms with van der Waals surface area (Å²) in [7, 11) is 0. The van der Waals surface area contributed by atoms with Crippen molar-refractivity contribution in [3.8, 4) is 0 Å². The van der Waals surface area contributed by atoms with Crippen LogP contribution in [0, 0.1) is 0 Å². The quantitative estimate of drug-likeness (QED) is 0.839. The molecule has 0 atom stereocenters. The molecule has 0 saturated carbocycles.